The third-order valence-corrected chi connectivity index (χ3v) is 4.01. The molecule has 0 saturated carbocycles. The highest BCUT2D eigenvalue weighted by molar-refractivity contribution is 6.42. The number of rotatable bonds is 5. The molecular weight excluding hydrogens is 321 g/mol. The smallest absolute Gasteiger partial charge is 0.258 e. The predicted octanol–water partition coefficient (Wildman–Crippen LogP) is 4.56. The molecule has 1 amide bonds. The molecule has 2 aromatic rings. The molecule has 0 radical (unpaired) electrons. The van der Waals surface area contributed by atoms with Gasteiger partial charge in [-0.2, -0.15) is 0 Å². The van der Waals surface area contributed by atoms with Gasteiger partial charge in [0.1, 0.15) is 5.75 Å². The maximum atomic E-state index is 12.0. The van der Waals surface area contributed by atoms with Crippen molar-refractivity contribution in [1.29, 1.82) is 0 Å². The average Bonchev–Trinajstić information content (AvgIpc) is 2.49. The number of hydrogen-bond acceptors (Lipinski definition) is 2. The molecule has 0 saturated heterocycles. The molecule has 116 valence electrons. The molecule has 1 atom stereocenters. The van der Waals surface area contributed by atoms with Gasteiger partial charge in [0.2, 0.25) is 0 Å². The summed E-state index contributed by atoms with van der Waals surface area (Å²) in [5, 5.41) is 3.83. The predicted molar refractivity (Wildman–Crippen MR) is 89.7 cm³/mol. The highest BCUT2D eigenvalue weighted by Crippen LogP contribution is 2.25. The van der Waals surface area contributed by atoms with E-state index < -0.39 is 0 Å². The van der Waals surface area contributed by atoms with Crippen LogP contribution in [0.3, 0.4) is 0 Å². The van der Waals surface area contributed by atoms with Gasteiger partial charge in [0.05, 0.1) is 16.1 Å². The van der Waals surface area contributed by atoms with Crippen LogP contribution in [0.5, 0.6) is 5.75 Å². The molecule has 2 aromatic carbocycles. The highest BCUT2D eigenvalue weighted by atomic mass is 35.5. The third-order valence-electron chi connectivity index (χ3n) is 3.27. The van der Waals surface area contributed by atoms with Crippen LogP contribution in [-0.4, -0.2) is 12.5 Å². The summed E-state index contributed by atoms with van der Waals surface area (Å²) < 4.78 is 5.52. The number of halogens is 2. The van der Waals surface area contributed by atoms with Gasteiger partial charge in [-0.3, -0.25) is 4.79 Å². The first-order chi connectivity index (χ1) is 10.5. The molecule has 0 fully saturated rings. The van der Waals surface area contributed by atoms with Gasteiger partial charge >= 0.3 is 0 Å². The lowest BCUT2D eigenvalue weighted by molar-refractivity contribution is -0.123. The second-order valence-corrected chi connectivity index (χ2v) is 5.83. The number of nitrogens with one attached hydrogen (secondary N) is 1. The van der Waals surface area contributed by atoms with Crippen LogP contribution in [0.2, 0.25) is 10.0 Å². The Morgan fingerprint density at radius 1 is 1.18 bits per heavy atom. The Bertz CT molecular complexity index is 673. The van der Waals surface area contributed by atoms with Crippen molar-refractivity contribution in [3.05, 3.63) is 63.6 Å². The zero-order chi connectivity index (χ0) is 16.1. The largest absolute Gasteiger partial charge is 0.484 e. The van der Waals surface area contributed by atoms with Gasteiger partial charge in [0.25, 0.3) is 5.91 Å². The summed E-state index contributed by atoms with van der Waals surface area (Å²) in [6, 6.07) is 12.7. The van der Waals surface area contributed by atoms with E-state index in [9.17, 15) is 4.79 Å². The average molecular weight is 338 g/mol. The maximum absolute atomic E-state index is 12.0. The van der Waals surface area contributed by atoms with Crippen LogP contribution >= 0.6 is 23.2 Å². The van der Waals surface area contributed by atoms with Crippen LogP contribution in [0.4, 0.5) is 0 Å². The second kappa shape index (κ2) is 7.52. The summed E-state index contributed by atoms with van der Waals surface area (Å²) in [6.45, 7) is 3.79. The van der Waals surface area contributed by atoms with Gasteiger partial charge in [-0.15, -0.1) is 0 Å². The third kappa shape index (κ3) is 4.39. The van der Waals surface area contributed by atoms with E-state index in [1.807, 2.05) is 44.2 Å². The van der Waals surface area contributed by atoms with Crippen LogP contribution in [0, 0.1) is 6.92 Å². The fourth-order valence-corrected chi connectivity index (χ4v) is 2.32. The van der Waals surface area contributed by atoms with Crippen molar-refractivity contribution in [2.45, 2.75) is 19.9 Å². The van der Waals surface area contributed by atoms with Crippen molar-refractivity contribution >= 4 is 29.1 Å². The number of amides is 1. The Morgan fingerprint density at radius 2 is 1.91 bits per heavy atom. The molecule has 2 rings (SSSR count). The molecule has 0 aliphatic heterocycles. The van der Waals surface area contributed by atoms with Gasteiger partial charge in [-0.1, -0.05) is 47.5 Å². The topological polar surface area (TPSA) is 38.3 Å². The highest BCUT2D eigenvalue weighted by Gasteiger charge is 2.12. The zero-order valence-electron chi connectivity index (χ0n) is 12.4. The molecule has 3 nitrogen and oxygen atoms in total. The van der Waals surface area contributed by atoms with E-state index in [0.29, 0.717) is 15.8 Å². The summed E-state index contributed by atoms with van der Waals surface area (Å²) in [5.41, 5.74) is 1.88. The number of ether oxygens (including phenoxy) is 1. The Balaban J connectivity index is 1.91. The molecule has 22 heavy (non-hydrogen) atoms. The summed E-state index contributed by atoms with van der Waals surface area (Å²) in [7, 11) is 0. The number of aryl methyl sites for hydroxylation is 1. The first kappa shape index (κ1) is 16.7. The van der Waals surface area contributed by atoms with E-state index >= 15 is 0 Å². The van der Waals surface area contributed by atoms with Crippen molar-refractivity contribution in [2.75, 3.05) is 6.61 Å². The SMILES string of the molecule is Cc1ccccc1OCC(=O)N[C@H](C)c1ccc(Cl)c(Cl)c1. The van der Waals surface area contributed by atoms with Crippen molar-refractivity contribution in [3.8, 4) is 5.75 Å². The van der Waals surface area contributed by atoms with Gasteiger partial charge in [0.15, 0.2) is 6.61 Å². The van der Waals surface area contributed by atoms with Crippen molar-refractivity contribution in [3.63, 3.8) is 0 Å². The Morgan fingerprint density at radius 3 is 2.59 bits per heavy atom. The minimum Gasteiger partial charge on any atom is -0.484 e. The lowest BCUT2D eigenvalue weighted by Crippen LogP contribution is -2.31. The maximum Gasteiger partial charge on any atom is 0.258 e. The minimum absolute atomic E-state index is 0.0312. The van der Waals surface area contributed by atoms with Crippen molar-refractivity contribution in [2.24, 2.45) is 0 Å². The zero-order valence-corrected chi connectivity index (χ0v) is 13.9. The van der Waals surface area contributed by atoms with Crippen LogP contribution in [0.25, 0.3) is 0 Å². The molecule has 0 aromatic heterocycles. The van der Waals surface area contributed by atoms with Gasteiger partial charge < -0.3 is 10.1 Å². The molecule has 5 heteroatoms. The molecule has 0 spiro atoms. The second-order valence-electron chi connectivity index (χ2n) is 5.02. The number of para-hydroxylation sites is 1. The Kier molecular flexibility index (Phi) is 5.69. The van der Waals surface area contributed by atoms with Crippen LogP contribution in [0.15, 0.2) is 42.5 Å². The van der Waals surface area contributed by atoms with Crippen LogP contribution in [0.1, 0.15) is 24.1 Å². The first-order valence-corrected chi connectivity index (χ1v) is 7.65. The van der Waals surface area contributed by atoms with Gasteiger partial charge in [0, 0.05) is 0 Å². The van der Waals surface area contributed by atoms with Crippen molar-refractivity contribution < 1.29 is 9.53 Å². The van der Waals surface area contributed by atoms with E-state index in [0.717, 1.165) is 11.1 Å². The van der Waals surface area contributed by atoms with Crippen LogP contribution in [-0.2, 0) is 4.79 Å². The summed E-state index contributed by atoms with van der Waals surface area (Å²) in [6.07, 6.45) is 0. The van der Waals surface area contributed by atoms with Crippen molar-refractivity contribution in [1.82, 2.24) is 5.32 Å². The fourth-order valence-electron chi connectivity index (χ4n) is 2.01. The first-order valence-electron chi connectivity index (χ1n) is 6.90. The minimum atomic E-state index is -0.193. The molecule has 0 unspecified atom stereocenters. The lowest BCUT2D eigenvalue weighted by Gasteiger charge is -2.15. The number of hydrogen-bond donors (Lipinski definition) is 1. The molecule has 0 bridgehead atoms. The molecule has 0 aliphatic rings. The summed E-state index contributed by atoms with van der Waals surface area (Å²) >= 11 is 11.9. The number of carbonyl (C=O) groups excluding carboxylic acids is 1. The Labute approximate surface area is 140 Å². The monoisotopic (exact) mass is 337 g/mol. The van der Waals surface area contributed by atoms with E-state index in [1.165, 1.54) is 0 Å². The normalized spacial score (nSPS) is 11.8. The molecular formula is C17H17Cl2NO2. The van der Waals surface area contributed by atoms with E-state index in [2.05, 4.69) is 5.32 Å². The van der Waals surface area contributed by atoms with Gasteiger partial charge in [-0.05, 0) is 43.2 Å². The molecule has 0 heterocycles. The quantitative estimate of drug-likeness (QED) is 0.868. The van der Waals surface area contributed by atoms with Gasteiger partial charge in [-0.25, -0.2) is 0 Å². The summed E-state index contributed by atoms with van der Waals surface area (Å²) in [5.74, 6) is 0.515. The summed E-state index contributed by atoms with van der Waals surface area (Å²) in [4.78, 5) is 12.0. The van der Waals surface area contributed by atoms with E-state index in [1.54, 1.807) is 12.1 Å². The standard InChI is InChI=1S/C17H17Cl2NO2/c1-11-5-3-4-6-16(11)22-10-17(21)20-12(2)13-7-8-14(18)15(19)9-13/h3-9,12H,10H2,1-2H3,(H,20,21)/t12-/m1/s1. The number of carbonyl (C=O) groups is 1. The van der Waals surface area contributed by atoms with E-state index in [-0.39, 0.29) is 18.6 Å². The fraction of sp³-hybridized carbons (Fsp3) is 0.235. The van der Waals surface area contributed by atoms with E-state index in [4.69, 9.17) is 27.9 Å². The molecule has 1 N–H and O–H groups in total. The van der Waals surface area contributed by atoms with Crippen LogP contribution < -0.4 is 10.1 Å². The number of benzene rings is 2. The Hall–Kier alpha value is -1.71. The lowest BCUT2D eigenvalue weighted by atomic mass is 10.1. The molecule has 0 aliphatic carbocycles.